The summed E-state index contributed by atoms with van der Waals surface area (Å²) >= 11 is 1.25. The number of hydrogen-bond donors (Lipinski definition) is 1. The van der Waals surface area contributed by atoms with Crippen molar-refractivity contribution in [2.75, 3.05) is 19.4 Å². The number of carbonyl (C=O) groups is 1. The van der Waals surface area contributed by atoms with E-state index < -0.39 is 0 Å². The predicted octanol–water partition coefficient (Wildman–Crippen LogP) is 2.36. The van der Waals surface area contributed by atoms with Gasteiger partial charge in [0.15, 0.2) is 0 Å². The van der Waals surface area contributed by atoms with E-state index in [0.717, 1.165) is 17.9 Å². The molecule has 1 aliphatic rings. The van der Waals surface area contributed by atoms with Gasteiger partial charge in [-0.15, -0.1) is 10.2 Å². The molecule has 1 N–H and O–H groups in total. The highest BCUT2D eigenvalue weighted by Gasteiger charge is 2.21. The van der Waals surface area contributed by atoms with Crippen LogP contribution in [0.25, 0.3) is 11.5 Å². The second kappa shape index (κ2) is 6.83. The van der Waals surface area contributed by atoms with Crippen LogP contribution >= 0.6 is 11.8 Å². The summed E-state index contributed by atoms with van der Waals surface area (Å²) in [5.74, 6) is 2.17. The van der Waals surface area contributed by atoms with Crippen molar-refractivity contribution in [3.63, 3.8) is 0 Å². The number of rotatable bonds is 7. The highest BCUT2D eigenvalue weighted by Crippen LogP contribution is 2.28. The van der Waals surface area contributed by atoms with Crippen LogP contribution in [0.3, 0.4) is 0 Å². The molecule has 1 aliphatic carbocycles. The first-order valence-corrected chi connectivity index (χ1v) is 8.10. The molecular formula is C15H17N3O3S. The molecule has 0 atom stereocenters. The molecule has 116 valence electrons. The Kier molecular flexibility index (Phi) is 4.62. The summed E-state index contributed by atoms with van der Waals surface area (Å²) in [6, 6.07) is 7.36. The highest BCUT2D eigenvalue weighted by atomic mass is 32.2. The summed E-state index contributed by atoms with van der Waals surface area (Å²) in [7, 11) is 1.62. The first-order chi connectivity index (χ1) is 10.7. The van der Waals surface area contributed by atoms with Crippen molar-refractivity contribution < 1.29 is 13.9 Å². The van der Waals surface area contributed by atoms with Crippen LogP contribution in [0, 0.1) is 5.92 Å². The van der Waals surface area contributed by atoms with Crippen LogP contribution in [-0.2, 0) is 4.79 Å². The maximum atomic E-state index is 11.7. The zero-order valence-electron chi connectivity index (χ0n) is 12.2. The van der Waals surface area contributed by atoms with Gasteiger partial charge >= 0.3 is 0 Å². The number of nitrogens with zero attached hydrogens (tertiary/aromatic N) is 2. The van der Waals surface area contributed by atoms with Crippen LogP contribution in [0.15, 0.2) is 33.9 Å². The average Bonchev–Trinajstić information content (AvgIpc) is 3.27. The molecule has 7 heteroatoms. The van der Waals surface area contributed by atoms with Gasteiger partial charge in [-0.05, 0) is 43.0 Å². The normalized spacial score (nSPS) is 13.9. The van der Waals surface area contributed by atoms with Crippen LogP contribution in [0.1, 0.15) is 12.8 Å². The van der Waals surface area contributed by atoms with E-state index in [4.69, 9.17) is 9.15 Å². The Morgan fingerprint density at radius 3 is 2.82 bits per heavy atom. The Balaban J connectivity index is 1.52. The Morgan fingerprint density at radius 1 is 1.36 bits per heavy atom. The van der Waals surface area contributed by atoms with E-state index in [1.807, 2.05) is 24.3 Å². The molecule has 0 unspecified atom stereocenters. The molecule has 22 heavy (non-hydrogen) atoms. The summed E-state index contributed by atoms with van der Waals surface area (Å²) in [5, 5.41) is 11.2. The lowest BCUT2D eigenvalue weighted by atomic mass is 10.2. The molecule has 1 saturated carbocycles. The van der Waals surface area contributed by atoms with E-state index in [1.165, 1.54) is 24.6 Å². The maximum Gasteiger partial charge on any atom is 0.277 e. The fraction of sp³-hybridized carbons (Fsp3) is 0.400. The molecule has 2 aromatic rings. The van der Waals surface area contributed by atoms with Gasteiger partial charge in [0.2, 0.25) is 11.8 Å². The second-order valence-corrected chi connectivity index (χ2v) is 6.06. The van der Waals surface area contributed by atoms with Crippen LogP contribution in [0.5, 0.6) is 5.75 Å². The number of thioether (sulfide) groups is 1. The van der Waals surface area contributed by atoms with Crippen molar-refractivity contribution in [3.8, 4) is 17.2 Å². The molecule has 1 amide bonds. The van der Waals surface area contributed by atoms with Crippen LogP contribution in [0.2, 0.25) is 0 Å². The van der Waals surface area contributed by atoms with Crippen molar-refractivity contribution in [2.45, 2.75) is 18.1 Å². The molecule has 1 aromatic carbocycles. The zero-order valence-corrected chi connectivity index (χ0v) is 13.1. The molecule has 0 radical (unpaired) electrons. The van der Waals surface area contributed by atoms with E-state index in [1.54, 1.807) is 7.11 Å². The number of hydrogen-bond acceptors (Lipinski definition) is 6. The Hall–Kier alpha value is -2.02. The summed E-state index contributed by atoms with van der Waals surface area (Å²) in [5.41, 5.74) is 0.818. The van der Waals surface area contributed by atoms with Crippen molar-refractivity contribution in [2.24, 2.45) is 5.92 Å². The monoisotopic (exact) mass is 319 g/mol. The zero-order chi connectivity index (χ0) is 15.4. The lowest BCUT2D eigenvalue weighted by Crippen LogP contribution is -2.27. The molecule has 0 aliphatic heterocycles. The summed E-state index contributed by atoms with van der Waals surface area (Å²) in [6.07, 6.45) is 2.45. The van der Waals surface area contributed by atoms with E-state index in [-0.39, 0.29) is 11.7 Å². The van der Waals surface area contributed by atoms with Gasteiger partial charge in [0.25, 0.3) is 5.22 Å². The number of benzene rings is 1. The fourth-order valence-electron chi connectivity index (χ4n) is 1.88. The van der Waals surface area contributed by atoms with E-state index in [2.05, 4.69) is 15.5 Å². The largest absolute Gasteiger partial charge is 0.497 e. The standard InChI is InChI=1S/C15H17N3O3S/c1-20-12-6-4-11(5-7-12)14-17-18-15(21-14)22-9-13(19)16-8-10-2-3-10/h4-7,10H,2-3,8-9H2,1H3,(H,16,19). The number of nitrogens with one attached hydrogen (secondary N) is 1. The van der Waals surface area contributed by atoms with Gasteiger partial charge in [-0.3, -0.25) is 4.79 Å². The van der Waals surface area contributed by atoms with Gasteiger partial charge in [-0.25, -0.2) is 0 Å². The number of ether oxygens (including phenoxy) is 1. The fourth-order valence-corrected chi connectivity index (χ4v) is 2.47. The molecule has 0 spiro atoms. The predicted molar refractivity (Wildman–Crippen MR) is 82.7 cm³/mol. The number of aromatic nitrogens is 2. The van der Waals surface area contributed by atoms with Crippen LogP contribution in [0.4, 0.5) is 0 Å². The topological polar surface area (TPSA) is 77.2 Å². The summed E-state index contributed by atoms with van der Waals surface area (Å²) in [4.78, 5) is 11.7. The second-order valence-electron chi connectivity index (χ2n) is 5.14. The van der Waals surface area contributed by atoms with Gasteiger partial charge in [0.05, 0.1) is 12.9 Å². The highest BCUT2D eigenvalue weighted by molar-refractivity contribution is 7.99. The van der Waals surface area contributed by atoms with Gasteiger partial charge in [-0.2, -0.15) is 0 Å². The van der Waals surface area contributed by atoms with Gasteiger partial charge in [0, 0.05) is 12.1 Å². The molecule has 3 rings (SSSR count). The molecule has 0 saturated heterocycles. The van der Waals surface area contributed by atoms with Gasteiger partial charge in [-0.1, -0.05) is 11.8 Å². The smallest absolute Gasteiger partial charge is 0.277 e. The van der Waals surface area contributed by atoms with Crippen molar-refractivity contribution in [3.05, 3.63) is 24.3 Å². The molecule has 6 nitrogen and oxygen atoms in total. The summed E-state index contributed by atoms with van der Waals surface area (Å²) in [6.45, 7) is 0.778. The van der Waals surface area contributed by atoms with Crippen molar-refractivity contribution in [1.29, 1.82) is 0 Å². The Labute approximate surface area is 132 Å². The Bertz CT molecular complexity index is 638. The van der Waals surface area contributed by atoms with E-state index in [9.17, 15) is 4.79 Å². The van der Waals surface area contributed by atoms with E-state index in [0.29, 0.717) is 17.0 Å². The van der Waals surface area contributed by atoms with Crippen LogP contribution < -0.4 is 10.1 Å². The minimum absolute atomic E-state index is 0.00102. The third kappa shape index (κ3) is 4.00. The lowest BCUT2D eigenvalue weighted by Gasteiger charge is -2.01. The van der Waals surface area contributed by atoms with Crippen molar-refractivity contribution >= 4 is 17.7 Å². The maximum absolute atomic E-state index is 11.7. The number of carbonyl (C=O) groups excluding carboxylic acids is 1. The quantitative estimate of drug-likeness (QED) is 0.790. The number of amides is 1. The molecule has 1 aromatic heterocycles. The van der Waals surface area contributed by atoms with Crippen LogP contribution in [-0.4, -0.2) is 35.5 Å². The minimum atomic E-state index is 0.00102. The lowest BCUT2D eigenvalue weighted by molar-refractivity contribution is -0.118. The van der Waals surface area contributed by atoms with E-state index >= 15 is 0 Å². The summed E-state index contributed by atoms with van der Waals surface area (Å²) < 4.78 is 10.7. The number of methoxy groups -OCH3 is 1. The molecule has 0 bridgehead atoms. The first-order valence-electron chi connectivity index (χ1n) is 7.12. The first kappa shape index (κ1) is 14.9. The van der Waals surface area contributed by atoms with Crippen molar-refractivity contribution in [1.82, 2.24) is 15.5 Å². The minimum Gasteiger partial charge on any atom is -0.497 e. The third-order valence-corrected chi connectivity index (χ3v) is 4.17. The van der Waals surface area contributed by atoms with Gasteiger partial charge in [0.1, 0.15) is 5.75 Å². The van der Waals surface area contributed by atoms with Gasteiger partial charge < -0.3 is 14.5 Å². The molecular weight excluding hydrogens is 302 g/mol. The SMILES string of the molecule is COc1ccc(-c2nnc(SCC(=O)NCC3CC3)o2)cc1. The third-order valence-electron chi connectivity index (χ3n) is 3.35. The average molecular weight is 319 g/mol. The molecule has 1 fully saturated rings. The molecule has 1 heterocycles. The Morgan fingerprint density at radius 2 is 2.14 bits per heavy atom.